The van der Waals surface area contributed by atoms with Crippen LogP contribution >= 0.6 is 0 Å². The van der Waals surface area contributed by atoms with E-state index in [-0.39, 0.29) is 0 Å². The number of hydrogen-bond donors (Lipinski definition) is 0. The van der Waals surface area contributed by atoms with Gasteiger partial charge in [0.1, 0.15) is 0 Å². The van der Waals surface area contributed by atoms with E-state index in [1.807, 2.05) is 0 Å². The summed E-state index contributed by atoms with van der Waals surface area (Å²) in [5.74, 6) is 0.649. The van der Waals surface area contributed by atoms with Crippen LogP contribution in [0.5, 0.6) is 0 Å². The lowest BCUT2D eigenvalue weighted by Crippen LogP contribution is -2.04. The minimum atomic E-state index is 0.649. The molecule has 0 saturated heterocycles. The van der Waals surface area contributed by atoms with Gasteiger partial charge < -0.3 is 0 Å². The van der Waals surface area contributed by atoms with E-state index in [1.165, 1.54) is 35.1 Å². The fraction of sp³-hybridized carbons (Fsp3) is 0.429. The van der Waals surface area contributed by atoms with Crippen molar-refractivity contribution >= 4 is 5.57 Å². The van der Waals surface area contributed by atoms with Crippen molar-refractivity contribution in [1.82, 2.24) is 0 Å². The van der Waals surface area contributed by atoms with Gasteiger partial charge >= 0.3 is 0 Å². The van der Waals surface area contributed by atoms with E-state index in [0.717, 1.165) is 0 Å². The van der Waals surface area contributed by atoms with Gasteiger partial charge in [-0.25, -0.2) is 0 Å². The van der Waals surface area contributed by atoms with Crippen LogP contribution in [0.4, 0.5) is 0 Å². The van der Waals surface area contributed by atoms with Crippen LogP contribution in [0.25, 0.3) is 5.57 Å². The molecule has 0 unspecified atom stereocenters. The summed E-state index contributed by atoms with van der Waals surface area (Å²) in [6.07, 6.45) is 4.84. The van der Waals surface area contributed by atoms with Crippen molar-refractivity contribution in [2.45, 2.75) is 33.6 Å². The summed E-state index contributed by atoms with van der Waals surface area (Å²) >= 11 is 0. The second-order valence-electron chi connectivity index (χ2n) is 4.51. The zero-order chi connectivity index (χ0) is 10.1. The second-order valence-corrected chi connectivity index (χ2v) is 4.51. The maximum absolute atomic E-state index is 2.41. The number of rotatable bonds is 1. The molecule has 0 heterocycles. The smallest absolute Gasteiger partial charge is 0.0190 e. The fourth-order valence-corrected chi connectivity index (χ4v) is 2.22. The maximum atomic E-state index is 2.41. The van der Waals surface area contributed by atoms with E-state index >= 15 is 0 Å². The van der Waals surface area contributed by atoms with Gasteiger partial charge in [-0.05, 0) is 42.4 Å². The molecule has 0 radical (unpaired) electrons. The summed E-state index contributed by atoms with van der Waals surface area (Å²) in [6, 6.07) is 6.85. The van der Waals surface area contributed by atoms with Gasteiger partial charge in [0.25, 0.3) is 0 Å². The van der Waals surface area contributed by atoms with Gasteiger partial charge in [0, 0.05) is 0 Å². The molecule has 0 fully saturated rings. The molecule has 0 amide bonds. The minimum Gasteiger partial charge on any atom is -0.0801 e. The van der Waals surface area contributed by atoms with Gasteiger partial charge in [0.15, 0.2) is 0 Å². The van der Waals surface area contributed by atoms with Crippen LogP contribution in [-0.4, -0.2) is 0 Å². The Morgan fingerprint density at radius 1 is 1.21 bits per heavy atom. The summed E-state index contributed by atoms with van der Waals surface area (Å²) in [5, 5.41) is 0. The molecule has 0 N–H and O–H groups in total. The first-order valence-corrected chi connectivity index (χ1v) is 5.48. The summed E-state index contributed by atoms with van der Waals surface area (Å²) in [6.45, 7) is 6.74. The third-order valence-electron chi connectivity index (χ3n) is 2.98. The summed E-state index contributed by atoms with van der Waals surface area (Å²) in [7, 11) is 0. The van der Waals surface area contributed by atoms with Crippen LogP contribution in [0, 0.1) is 12.8 Å². The Kier molecular flexibility index (Phi) is 2.45. The third kappa shape index (κ3) is 1.61. The Morgan fingerprint density at radius 3 is 2.71 bits per heavy atom. The van der Waals surface area contributed by atoms with Gasteiger partial charge in [-0.1, -0.05) is 43.7 Å². The molecule has 2 rings (SSSR count). The van der Waals surface area contributed by atoms with Crippen LogP contribution < -0.4 is 0 Å². The molecule has 1 aromatic rings. The average Bonchev–Trinajstić information content (AvgIpc) is 2.16. The molecule has 1 aromatic carbocycles. The highest BCUT2D eigenvalue weighted by Crippen LogP contribution is 2.31. The highest BCUT2D eigenvalue weighted by molar-refractivity contribution is 5.71. The number of aryl methyl sites for hydroxylation is 2. The number of fused-ring (bicyclic) bond motifs is 1. The van der Waals surface area contributed by atoms with Gasteiger partial charge in [-0.15, -0.1) is 0 Å². The lowest BCUT2D eigenvalue weighted by molar-refractivity contribution is 0.828. The minimum absolute atomic E-state index is 0.649. The van der Waals surface area contributed by atoms with Crippen molar-refractivity contribution in [1.29, 1.82) is 0 Å². The molecule has 0 saturated carbocycles. The molecule has 0 aromatic heterocycles. The predicted octanol–water partition coefficient (Wildman–Crippen LogP) is 3.98. The lowest BCUT2D eigenvalue weighted by atomic mass is 9.84. The largest absolute Gasteiger partial charge is 0.0801 e. The fourth-order valence-electron chi connectivity index (χ4n) is 2.22. The van der Waals surface area contributed by atoms with E-state index in [0.29, 0.717) is 5.92 Å². The van der Waals surface area contributed by atoms with E-state index < -0.39 is 0 Å². The second kappa shape index (κ2) is 3.61. The Balaban J connectivity index is 2.51. The van der Waals surface area contributed by atoms with Gasteiger partial charge in [0.05, 0.1) is 0 Å². The quantitative estimate of drug-likeness (QED) is 0.622. The van der Waals surface area contributed by atoms with E-state index in [2.05, 4.69) is 45.0 Å². The standard InChI is InChI=1S/C14H18/c1-10(2)13-6-4-5-12-8-7-11(3)9-14(12)13/h6-10H,4-5H2,1-3H3. The van der Waals surface area contributed by atoms with E-state index in [1.54, 1.807) is 0 Å². The molecule has 0 nitrogen and oxygen atoms in total. The van der Waals surface area contributed by atoms with Crippen molar-refractivity contribution in [3.8, 4) is 0 Å². The molecular weight excluding hydrogens is 168 g/mol. The molecule has 0 spiro atoms. The van der Waals surface area contributed by atoms with Crippen LogP contribution in [0.1, 0.15) is 37.0 Å². The summed E-state index contributed by atoms with van der Waals surface area (Å²) in [5.41, 5.74) is 5.93. The van der Waals surface area contributed by atoms with Crippen molar-refractivity contribution in [2.24, 2.45) is 5.92 Å². The first-order valence-electron chi connectivity index (χ1n) is 5.48. The van der Waals surface area contributed by atoms with Crippen molar-refractivity contribution in [3.63, 3.8) is 0 Å². The van der Waals surface area contributed by atoms with Gasteiger partial charge in [-0.2, -0.15) is 0 Å². The molecule has 0 atom stereocenters. The van der Waals surface area contributed by atoms with Crippen LogP contribution in [-0.2, 0) is 6.42 Å². The lowest BCUT2D eigenvalue weighted by Gasteiger charge is -2.21. The molecule has 14 heavy (non-hydrogen) atoms. The Labute approximate surface area is 86.7 Å². The van der Waals surface area contributed by atoms with Crippen molar-refractivity contribution < 1.29 is 0 Å². The van der Waals surface area contributed by atoms with Crippen LogP contribution in [0.3, 0.4) is 0 Å². The highest BCUT2D eigenvalue weighted by atomic mass is 14.2. The van der Waals surface area contributed by atoms with Crippen molar-refractivity contribution in [3.05, 3.63) is 41.0 Å². The van der Waals surface area contributed by atoms with Gasteiger partial charge in [-0.3, -0.25) is 0 Å². The molecule has 1 aliphatic rings. The normalized spacial score (nSPS) is 15.3. The number of allylic oxidation sites excluding steroid dienone is 2. The van der Waals surface area contributed by atoms with Crippen LogP contribution in [0.2, 0.25) is 0 Å². The summed E-state index contributed by atoms with van der Waals surface area (Å²) in [4.78, 5) is 0. The summed E-state index contributed by atoms with van der Waals surface area (Å²) < 4.78 is 0. The molecule has 0 heteroatoms. The van der Waals surface area contributed by atoms with Gasteiger partial charge in [0.2, 0.25) is 0 Å². The number of benzene rings is 1. The molecule has 0 bridgehead atoms. The van der Waals surface area contributed by atoms with Crippen LogP contribution in [0.15, 0.2) is 24.3 Å². The van der Waals surface area contributed by atoms with Crippen molar-refractivity contribution in [2.75, 3.05) is 0 Å². The number of hydrogen-bond acceptors (Lipinski definition) is 0. The average molecular weight is 186 g/mol. The Morgan fingerprint density at radius 2 is 2.00 bits per heavy atom. The first-order chi connectivity index (χ1) is 6.68. The Bertz CT molecular complexity index is 370. The van der Waals surface area contributed by atoms with E-state index in [9.17, 15) is 0 Å². The van der Waals surface area contributed by atoms with E-state index in [4.69, 9.17) is 0 Å². The highest BCUT2D eigenvalue weighted by Gasteiger charge is 2.14. The molecule has 1 aliphatic carbocycles. The maximum Gasteiger partial charge on any atom is -0.0190 e. The SMILES string of the molecule is Cc1ccc2c(c1)C(C(C)C)=CCC2. The first kappa shape index (κ1) is 9.51. The zero-order valence-corrected chi connectivity index (χ0v) is 9.30. The molecular formula is C14H18. The predicted molar refractivity (Wildman–Crippen MR) is 62.3 cm³/mol. The monoisotopic (exact) mass is 186 g/mol. The molecule has 0 aliphatic heterocycles. The topological polar surface area (TPSA) is 0 Å². The third-order valence-corrected chi connectivity index (χ3v) is 2.98. The Hall–Kier alpha value is -1.04. The zero-order valence-electron chi connectivity index (χ0n) is 9.30. The molecule has 74 valence electrons.